The van der Waals surface area contributed by atoms with Gasteiger partial charge in [-0.2, -0.15) is 4.73 Å². The average Bonchev–Trinajstić information content (AvgIpc) is 2.61. The minimum Gasteiger partial charge on any atom is -0.340 e. The van der Waals surface area contributed by atoms with Crippen LogP contribution in [0.25, 0.3) is 10.9 Å². The molecule has 0 fully saturated rings. The van der Waals surface area contributed by atoms with Gasteiger partial charge in [-0.05, 0) is 12.1 Å². The molecule has 2 rings (SSSR count). The van der Waals surface area contributed by atoms with E-state index in [4.69, 9.17) is 0 Å². The van der Waals surface area contributed by atoms with E-state index in [1.807, 2.05) is 0 Å². The van der Waals surface area contributed by atoms with E-state index in [0.717, 1.165) is 0 Å². The lowest BCUT2D eigenvalue weighted by molar-refractivity contribution is -0.384. The van der Waals surface area contributed by atoms with Crippen LogP contribution in [0, 0.1) is 10.1 Å². The van der Waals surface area contributed by atoms with Crippen molar-refractivity contribution in [3.63, 3.8) is 0 Å². The van der Waals surface area contributed by atoms with Crippen molar-refractivity contribution >= 4 is 23.1 Å². The molecule has 0 aliphatic rings. The first-order valence-corrected chi connectivity index (χ1v) is 4.08. The Labute approximate surface area is 83.8 Å². The van der Waals surface area contributed by atoms with Crippen LogP contribution in [0.2, 0.25) is 0 Å². The van der Waals surface area contributed by atoms with Crippen molar-refractivity contribution in [2.45, 2.75) is 0 Å². The minimum absolute atomic E-state index is 0.00588. The molecule has 0 aliphatic heterocycles. The monoisotopic (exact) mass is 206 g/mol. The van der Waals surface area contributed by atoms with Gasteiger partial charge in [0, 0.05) is 23.7 Å². The molecule has 0 atom stereocenters. The van der Waals surface area contributed by atoms with Gasteiger partial charge in [0.2, 0.25) is 0 Å². The van der Waals surface area contributed by atoms with Crippen molar-refractivity contribution < 1.29 is 14.6 Å². The van der Waals surface area contributed by atoms with Gasteiger partial charge < -0.3 is 4.84 Å². The van der Waals surface area contributed by atoms with E-state index < -0.39 is 4.92 Å². The third kappa shape index (κ3) is 1.52. The minimum atomic E-state index is -0.475. The van der Waals surface area contributed by atoms with Gasteiger partial charge in [0.25, 0.3) is 5.69 Å². The molecular formula is C9H6N2O4. The molecule has 0 saturated carbocycles. The Morgan fingerprint density at radius 3 is 2.87 bits per heavy atom. The molecule has 0 saturated heterocycles. The fourth-order valence-electron chi connectivity index (χ4n) is 1.36. The molecule has 1 aromatic carbocycles. The van der Waals surface area contributed by atoms with E-state index >= 15 is 0 Å². The predicted octanol–water partition coefficient (Wildman–Crippen LogP) is 1.13. The van der Waals surface area contributed by atoms with Crippen molar-refractivity contribution in [3.05, 3.63) is 40.6 Å². The maximum absolute atomic E-state index is 10.5. The topological polar surface area (TPSA) is 74.4 Å². The number of aromatic nitrogens is 1. The van der Waals surface area contributed by atoms with Gasteiger partial charge in [0.1, 0.15) is 0 Å². The van der Waals surface area contributed by atoms with Gasteiger partial charge >= 0.3 is 6.47 Å². The largest absolute Gasteiger partial charge is 0.340 e. The standard InChI is InChI=1S/C9H6N2O4/c12-6-15-10-4-3-7-5-8(11(13)14)1-2-9(7)10/h1-6H. The van der Waals surface area contributed by atoms with Crippen molar-refractivity contribution in [1.29, 1.82) is 0 Å². The van der Waals surface area contributed by atoms with E-state index in [2.05, 4.69) is 4.84 Å². The second kappa shape index (κ2) is 3.41. The summed E-state index contributed by atoms with van der Waals surface area (Å²) in [5.41, 5.74) is 0.610. The van der Waals surface area contributed by atoms with Gasteiger partial charge in [0.15, 0.2) is 0 Å². The molecule has 0 spiro atoms. The number of nitro groups is 1. The van der Waals surface area contributed by atoms with Gasteiger partial charge in [-0.15, -0.1) is 0 Å². The number of hydrogen-bond acceptors (Lipinski definition) is 4. The van der Waals surface area contributed by atoms with Crippen LogP contribution in [0.1, 0.15) is 0 Å². The zero-order valence-electron chi connectivity index (χ0n) is 7.49. The van der Waals surface area contributed by atoms with Gasteiger partial charge in [-0.25, -0.2) is 0 Å². The van der Waals surface area contributed by atoms with Crippen LogP contribution in [0.3, 0.4) is 0 Å². The van der Waals surface area contributed by atoms with Crippen molar-refractivity contribution in [2.75, 3.05) is 0 Å². The quantitative estimate of drug-likeness (QED) is 0.428. The van der Waals surface area contributed by atoms with E-state index in [1.54, 1.807) is 6.07 Å². The highest BCUT2D eigenvalue weighted by molar-refractivity contribution is 5.82. The lowest BCUT2D eigenvalue weighted by atomic mass is 10.2. The summed E-state index contributed by atoms with van der Waals surface area (Å²) in [4.78, 5) is 24.8. The molecule has 15 heavy (non-hydrogen) atoms. The normalized spacial score (nSPS) is 10.1. The first-order chi connectivity index (χ1) is 7.22. The molecular weight excluding hydrogens is 200 g/mol. The Morgan fingerprint density at radius 1 is 1.40 bits per heavy atom. The molecule has 0 N–H and O–H groups in total. The maximum Gasteiger partial charge on any atom is 0.321 e. The third-order valence-electron chi connectivity index (χ3n) is 2.01. The lowest BCUT2D eigenvalue weighted by Crippen LogP contribution is -2.06. The highest BCUT2D eigenvalue weighted by Crippen LogP contribution is 2.20. The number of hydrogen-bond donors (Lipinski definition) is 0. The molecule has 1 heterocycles. The molecule has 0 bridgehead atoms. The van der Waals surface area contributed by atoms with E-state index in [0.29, 0.717) is 17.4 Å². The summed E-state index contributed by atoms with van der Waals surface area (Å²) in [5.74, 6) is 0. The third-order valence-corrected chi connectivity index (χ3v) is 2.01. The molecule has 0 radical (unpaired) electrons. The van der Waals surface area contributed by atoms with E-state index in [-0.39, 0.29) is 5.69 Å². The first kappa shape index (κ1) is 9.20. The molecule has 0 unspecified atom stereocenters. The van der Waals surface area contributed by atoms with Crippen LogP contribution in [0.4, 0.5) is 5.69 Å². The highest BCUT2D eigenvalue weighted by Gasteiger charge is 2.08. The lowest BCUT2D eigenvalue weighted by Gasteiger charge is -1.99. The number of carbonyl (C=O) groups excluding carboxylic acids is 1. The van der Waals surface area contributed by atoms with Crippen LogP contribution in [0.5, 0.6) is 0 Å². The van der Waals surface area contributed by atoms with Crippen LogP contribution >= 0.6 is 0 Å². The number of fused-ring (bicyclic) bond motifs is 1. The van der Waals surface area contributed by atoms with E-state index in [1.165, 1.54) is 29.1 Å². The number of carbonyl (C=O) groups is 1. The first-order valence-electron chi connectivity index (χ1n) is 4.08. The molecule has 2 aromatic rings. The van der Waals surface area contributed by atoms with Crippen LogP contribution in [-0.4, -0.2) is 16.1 Å². The zero-order valence-corrected chi connectivity index (χ0v) is 7.49. The molecule has 1 aromatic heterocycles. The Balaban J connectivity index is 2.56. The van der Waals surface area contributed by atoms with Gasteiger partial charge in [0.05, 0.1) is 10.4 Å². The Bertz CT molecular complexity index is 532. The molecule has 6 heteroatoms. The molecule has 0 aliphatic carbocycles. The van der Waals surface area contributed by atoms with Crippen molar-refractivity contribution in [2.24, 2.45) is 0 Å². The zero-order chi connectivity index (χ0) is 10.8. The number of nitrogens with zero attached hydrogens (tertiary/aromatic N) is 2. The van der Waals surface area contributed by atoms with Crippen molar-refractivity contribution in [1.82, 2.24) is 4.73 Å². The summed E-state index contributed by atoms with van der Waals surface area (Å²) in [6.07, 6.45) is 1.52. The van der Waals surface area contributed by atoms with E-state index in [9.17, 15) is 14.9 Å². The van der Waals surface area contributed by atoms with Crippen LogP contribution in [-0.2, 0) is 4.79 Å². The average molecular weight is 206 g/mol. The Kier molecular flexibility index (Phi) is 2.09. The number of benzene rings is 1. The summed E-state index contributed by atoms with van der Waals surface area (Å²) in [7, 11) is 0. The summed E-state index contributed by atoms with van der Waals surface area (Å²) < 4.78 is 1.24. The Hall–Kier alpha value is -2.37. The summed E-state index contributed by atoms with van der Waals surface area (Å²) in [6, 6.07) is 5.93. The van der Waals surface area contributed by atoms with Gasteiger partial charge in [-0.3, -0.25) is 14.9 Å². The number of rotatable bonds is 3. The SMILES string of the molecule is O=COn1ccc2cc([N+](=O)[O-])ccc21. The summed E-state index contributed by atoms with van der Waals surface area (Å²) in [5, 5.41) is 11.1. The number of nitro benzene ring substituents is 1. The van der Waals surface area contributed by atoms with Gasteiger partial charge in [-0.1, -0.05) is 0 Å². The highest BCUT2D eigenvalue weighted by atomic mass is 16.7. The predicted molar refractivity (Wildman–Crippen MR) is 51.2 cm³/mol. The Morgan fingerprint density at radius 2 is 2.20 bits per heavy atom. The molecule has 0 amide bonds. The fraction of sp³-hybridized carbons (Fsp3) is 0. The van der Waals surface area contributed by atoms with Crippen LogP contribution < -0.4 is 4.84 Å². The smallest absolute Gasteiger partial charge is 0.321 e. The molecule has 6 nitrogen and oxygen atoms in total. The fourth-order valence-corrected chi connectivity index (χ4v) is 1.36. The molecule has 76 valence electrons. The van der Waals surface area contributed by atoms with Crippen LogP contribution in [0.15, 0.2) is 30.5 Å². The van der Waals surface area contributed by atoms with Crippen molar-refractivity contribution in [3.8, 4) is 0 Å². The second-order valence-corrected chi connectivity index (χ2v) is 2.84. The second-order valence-electron chi connectivity index (χ2n) is 2.84. The maximum atomic E-state index is 10.5. The summed E-state index contributed by atoms with van der Waals surface area (Å²) in [6.45, 7) is 0.293. The summed E-state index contributed by atoms with van der Waals surface area (Å²) >= 11 is 0. The number of non-ortho nitro benzene ring substituents is 1.